The predicted molar refractivity (Wildman–Crippen MR) is 72.2 cm³/mol. The number of pyridine rings is 1. The van der Waals surface area contributed by atoms with Crippen molar-refractivity contribution in [2.24, 2.45) is 5.92 Å². The zero-order chi connectivity index (χ0) is 14.3. The van der Waals surface area contributed by atoms with Crippen LogP contribution < -0.4 is 10.6 Å². The molecule has 0 radical (unpaired) electrons. The zero-order valence-electron chi connectivity index (χ0n) is 11.1. The molecule has 0 aliphatic carbocycles. The maximum Gasteiger partial charge on any atom is 0.354 e. The summed E-state index contributed by atoms with van der Waals surface area (Å²) in [5.41, 5.74) is 0.623. The van der Waals surface area contributed by atoms with E-state index in [1.807, 2.05) is 13.8 Å². The molecule has 1 rings (SSSR count). The van der Waals surface area contributed by atoms with Gasteiger partial charge in [0, 0.05) is 31.4 Å². The molecule has 6 nitrogen and oxygen atoms in total. The molecule has 0 aliphatic heterocycles. The van der Waals surface area contributed by atoms with Gasteiger partial charge in [0.1, 0.15) is 5.69 Å². The Kier molecular flexibility index (Phi) is 5.78. The van der Waals surface area contributed by atoms with Crippen LogP contribution in [0.25, 0.3) is 0 Å². The minimum atomic E-state index is -1.07. The minimum absolute atomic E-state index is 0.0192. The summed E-state index contributed by atoms with van der Waals surface area (Å²) in [6, 6.07) is 3.10. The van der Waals surface area contributed by atoms with Crippen LogP contribution >= 0.6 is 0 Å². The number of carbonyl (C=O) groups is 2. The van der Waals surface area contributed by atoms with Gasteiger partial charge in [-0.1, -0.05) is 13.8 Å². The molecule has 1 heterocycles. The van der Waals surface area contributed by atoms with Crippen molar-refractivity contribution in [3.8, 4) is 0 Å². The summed E-state index contributed by atoms with van der Waals surface area (Å²) in [4.78, 5) is 25.9. The van der Waals surface area contributed by atoms with Crippen molar-refractivity contribution in [2.45, 2.75) is 20.3 Å². The maximum absolute atomic E-state index is 11.5. The molecule has 0 atom stereocenters. The molecule has 0 aliphatic rings. The van der Waals surface area contributed by atoms with Crippen LogP contribution in [0.1, 0.15) is 30.8 Å². The number of anilines is 1. The van der Waals surface area contributed by atoms with Crippen LogP contribution in [0, 0.1) is 5.92 Å². The lowest BCUT2D eigenvalue weighted by Crippen LogP contribution is -2.28. The highest BCUT2D eigenvalue weighted by Gasteiger charge is 2.05. The van der Waals surface area contributed by atoms with Gasteiger partial charge in [-0.3, -0.25) is 4.79 Å². The fourth-order valence-electron chi connectivity index (χ4n) is 1.38. The third-order valence-electron chi connectivity index (χ3n) is 2.37. The van der Waals surface area contributed by atoms with E-state index in [0.717, 1.165) is 0 Å². The molecule has 1 aromatic heterocycles. The molecular formula is C13H19N3O3. The number of nitrogens with one attached hydrogen (secondary N) is 2. The van der Waals surface area contributed by atoms with Crippen LogP contribution in [0.15, 0.2) is 18.3 Å². The molecule has 1 amide bonds. The topological polar surface area (TPSA) is 91.3 Å². The number of aromatic nitrogens is 1. The number of carbonyl (C=O) groups excluding carboxylic acids is 1. The van der Waals surface area contributed by atoms with Gasteiger partial charge in [-0.25, -0.2) is 9.78 Å². The Morgan fingerprint density at radius 2 is 2.16 bits per heavy atom. The van der Waals surface area contributed by atoms with E-state index in [1.165, 1.54) is 12.3 Å². The molecule has 0 aromatic carbocycles. The smallest absolute Gasteiger partial charge is 0.354 e. The lowest BCUT2D eigenvalue weighted by molar-refractivity contribution is -0.120. The summed E-state index contributed by atoms with van der Waals surface area (Å²) < 4.78 is 0. The highest BCUT2D eigenvalue weighted by molar-refractivity contribution is 5.86. The van der Waals surface area contributed by atoms with Crippen LogP contribution in [0.3, 0.4) is 0 Å². The second-order valence-electron chi connectivity index (χ2n) is 4.61. The van der Waals surface area contributed by atoms with E-state index in [1.54, 1.807) is 6.07 Å². The van der Waals surface area contributed by atoms with Gasteiger partial charge in [-0.2, -0.15) is 0 Å². The predicted octanol–water partition coefficient (Wildman–Crippen LogP) is 1.35. The summed E-state index contributed by atoms with van der Waals surface area (Å²) >= 11 is 0. The molecular weight excluding hydrogens is 246 g/mol. The molecule has 0 bridgehead atoms. The number of aromatic carboxylic acids is 1. The lowest BCUT2D eigenvalue weighted by atomic mass is 10.2. The first kappa shape index (κ1) is 14.9. The van der Waals surface area contributed by atoms with Gasteiger partial charge in [0.05, 0.1) is 0 Å². The van der Waals surface area contributed by atoms with Crippen LogP contribution in [0.5, 0.6) is 0 Å². The zero-order valence-corrected chi connectivity index (χ0v) is 11.1. The van der Waals surface area contributed by atoms with E-state index in [9.17, 15) is 9.59 Å². The Morgan fingerprint density at radius 3 is 2.79 bits per heavy atom. The molecule has 0 spiro atoms. The molecule has 3 N–H and O–H groups in total. The van der Waals surface area contributed by atoms with Gasteiger partial charge in [0.2, 0.25) is 5.91 Å². The molecule has 0 unspecified atom stereocenters. The number of hydrogen-bond acceptors (Lipinski definition) is 4. The third kappa shape index (κ3) is 5.85. The van der Waals surface area contributed by atoms with Gasteiger partial charge in [0.25, 0.3) is 0 Å². The van der Waals surface area contributed by atoms with E-state index in [4.69, 9.17) is 5.11 Å². The standard InChI is InChI=1S/C13H19N3O3/c1-9(2)8-16-12(17)4-6-14-10-3-5-15-11(7-10)13(18)19/h3,5,7,9H,4,6,8H2,1-2H3,(H,14,15)(H,16,17)(H,18,19). The minimum Gasteiger partial charge on any atom is -0.477 e. The molecule has 6 heteroatoms. The second kappa shape index (κ2) is 7.35. The number of nitrogens with zero attached hydrogens (tertiary/aromatic N) is 1. The van der Waals surface area contributed by atoms with Crippen LogP contribution in [-0.4, -0.2) is 35.1 Å². The number of hydrogen-bond donors (Lipinski definition) is 3. The van der Waals surface area contributed by atoms with E-state index < -0.39 is 5.97 Å². The number of amides is 1. The van der Waals surface area contributed by atoms with Crippen molar-refractivity contribution in [1.29, 1.82) is 0 Å². The molecule has 0 fully saturated rings. The Labute approximate surface area is 112 Å². The summed E-state index contributed by atoms with van der Waals surface area (Å²) in [5.74, 6) is -0.665. The van der Waals surface area contributed by atoms with Crippen molar-refractivity contribution in [1.82, 2.24) is 10.3 Å². The molecule has 0 saturated carbocycles. The van der Waals surface area contributed by atoms with Crippen molar-refractivity contribution in [3.05, 3.63) is 24.0 Å². The van der Waals surface area contributed by atoms with E-state index in [-0.39, 0.29) is 11.6 Å². The first-order chi connectivity index (χ1) is 8.99. The quantitative estimate of drug-likeness (QED) is 0.692. The van der Waals surface area contributed by atoms with Gasteiger partial charge < -0.3 is 15.7 Å². The largest absolute Gasteiger partial charge is 0.477 e. The average Bonchev–Trinajstić information content (AvgIpc) is 2.36. The fourth-order valence-corrected chi connectivity index (χ4v) is 1.38. The SMILES string of the molecule is CC(C)CNC(=O)CCNc1ccnc(C(=O)O)c1. The monoisotopic (exact) mass is 265 g/mol. The Balaban J connectivity index is 2.35. The van der Waals surface area contributed by atoms with Crippen molar-refractivity contribution < 1.29 is 14.7 Å². The number of rotatable bonds is 7. The second-order valence-corrected chi connectivity index (χ2v) is 4.61. The van der Waals surface area contributed by atoms with Gasteiger partial charge in [0.15, 0.2) is 0 Å². The van der Waals surface area contributed by atoms with Crippen molar-refractivity contribution in [3.63, 3.8) is 0 Å². The molecule has 19 heavy (non-hydrogen) atoms. The molecule has 0 saturated heterocycles. The van der Waals surface area contributed by atoms with Gasteiger partial charge >= 0.3 is 5.97 Å². The Morgan fingerprint density at radius 1 is 1.42 bits per heavy atom. The maximum atomic E-state index is 11.5. The molecule has 1 aromatic rings. The van der Waals surface area contributed by atoms with Crippen molar-refractivity contribution >= 4 is 17.6 Å². The van der Waals surface area contributed by atoms with Gasteiger partial charge in [-0.15, -0.1) is 0 Å². The van der Waals surface area contributed by atoms with Crippen LogP contribution in [-0.2, 0) is 4.79 Å². The lowest BCUT2D eigenvalue weighted by Gasteiger charge is -2.09. The Bertz CT molecular complexity index is 447. The van der Waals surface area contributed by atoms with Crippen LogP contribution in [0.2, 0.25) is 0 Å². The Hall–Kier alpha value is -2.11. The number of carboxylic acids is 1. The van der Waals surface area contributed by atoms with E-state index >= 15 is 0 Å². The van der Waals surface area contributed by atoms with Crippen LogP contribution in [0.4, 0.5) is 5.69 Å². The summed E-state index contributed by atoms with van der Waals surface area (Å²) in [6.45, 7) is 5.18. The third-order valence-corrected chi connectivity index (χ3v) is 2.37. The van der Waals surface area contributed by atoms with Gasteiger partial charge in [-0.05, 0) is 18.1 Å². The molecule has 104 valence electrons. The van der Waals surface area contributed by atoms with E-state index in [0.29, 0.717) is 31.1 Å². The summed E-state index contributed by atoms with van der Waals surface area (Å²) in [5, 5.41) is 14.6. The summed E-state index contributed by atoms with van der Waals surface area (Å²) in [6.07, 6.45) is 1.77. The average molecular weight is 265 g/mol. The first-order valence-corrected chi connectivity index (χ1v) is 6.19. The summed E-state index contributed by atoms with van der Waals surface area (Å²) in [7, 11) is 0. The van der Waals surface area contributed by atoms with E-state index in [2.05, 4.69) is 15.6 Å². The fraction of sp³-hybridized carbons (Fsp3) is 0.462. The normalized spacial score (nSPS) is 10.3. The van der Waals surface area contributed by atoms with Crippen molar-refractivity contribution in [2.75, 3.05) is 18.4 Å². The first-order valence-electron chi connectivity index (χ1n) is 6.19. The highest BCUT2D eigenvalue weighted by atomic mass is 16.4. The number of carboxylic acid groups (broad SMARTS) is 1. The highest BCUT2D eigenvalue weighted by Crippen LogP contribution is 2.07.